The van der Waals surface area contributed by atoms with Gasteiger partial charge in [-0.15, -0.1) is 0 Å². The van der Waals surface area contributed by atoms with Crippen molar-refractivity contribution in [3.8, 4) is 0 Å². The Morgan fingerprint density at radius 2 is 2.21 bits per heavy atom. The Kier molecular flexibility index (Phi) is 1.96. The third-order valence-electron chi connectivity index (χ3n) is 3.66. The molecule has 0 spiro atoms. The fourth-order valence-electron chi connectivity index (χ4n) is 2.69. The van der Waals surface area contributed by atoms with Crippen LogP contribution in [0.1, 0.15) is 31.2 Å². The highest BCUT2D eigenvalue weighted by atomic mass is 15.3. The molecule has 0 aliphatic heterocycles. The van der Waals surface area contributed by atoms with Crippen LogP contribution in [0.25, 0.3) is 0 Å². The molecule has 1 aliphatic carbocycles. The van der Waals surface area contributed by atoms with Crippen molar-refractivity contribution in [1.29, 1.82) is 0 Å². The van der Waals surface area contributed by atoms with Crippen LogP contribution in [0.5, 0.6) is 0 Å². The molecule has 1 fully saturated rings. The first kappa shape index (κ1) is 9.71. The Hall–Kier alpha value is -0.830. The van der Waals surface area contributed by atoms with E-state index in [0.29, 0.717) is 17.3 Å². The molecule has 0 radical (unpaired) electrons. The predicted molar refractivity (Wildman–Crippen MR) is 57.0 cm³/mol. The molecule has 0 aromatic carbocycles. The van der Waals surface area contributed by atoms with E-state index in [1.54, 1.807) is 0 Å². The molecular formula is C11H19N3. The van der Waals surface area contributed by atoms with E-state index in [2.05, 4.69) is 25.0 Å². The highest BCUT2D eigenvalue weighted by molar-refractivity contribution is 5.28. The monoisotopic (exact) mass is 193 g/mol. The molecule has 14 heavy (non-hydrogen) atoms. The lowest BCUT2D eigenvalue weighted by atomic mass is 10.1. The largest absolute Gasteiger partial charge is 0.330 e. The molecule has 1 aromatic rings. The summed E-state index contributed by atoms with van der Waals surface area (Å²) in [5.74, 6) is 1.22. The highest BCUT2D eigenvalue weighted by Gasteiger charge is 2.58. The summed E-state index contributed by atoms with van der Waals surface area (Å²) in [6.45, 7) is 7.40. The minimum atomic E-state index is 0.356. The number of rotatable bonds is 2. The van der Waals surface area contributed by atoms with Crippen molar-refractivity contribution in [2.45, 2.75) is 26.7 Å². The van der Waals surface area contributed by atoms with Crippen molar-refractivity contribution >= 4 is 0 Å². The summed E-state index contributed by atoms with van der Waals surface area (Å²) in [7, 11) is 2.02. The summed E-state index contributed by atoms with van der Waals surface area (Å²) >= 11 is 0. The van der Waals surface area contributed by atoms with Crippen molar-refractivity contribution < 1.29 is 0 Å². The van der Waals surface area contributed by atoms with Crippen molar-refractivity contribution in [3.05, 3.63) is 17.5 Å². The molecular weight excluding hydrogens is 174 g/mol. The van der Waals surface area contributed by atoms with Gasteiger partial charge in [0.1, 0.15) is 0 Å². The lowest BCUT2D eigenvalue weighted by Gasteiger charge is -2.02. The third-order valence-corrected chi connectivity index (χ3v) is 3.66. The van der Waals surface area contributed by atoms with Crippen LogP contribution >= 0.6 is 0 Å². The van der Waals surface area contributed by atoms with Crippen molar-refractivity contribution in [2.75, 3.05) is 6.54 Å². The molecule has 3 heteroatoms. The Morgan fingerprint density at radius 3 is 2.57 bits per heavy atom. The molecule has 3 nitrogen and oxygen atoms in total. The van der Waals surface area contributed by atoms with Gasteiger partial charge in [-0.1, -0.05) is 13.8 Å². The molecule has 0 amide bonds. The minimum absolute atomic E-state index is 0.356. The number of nitrogens with two attached hydrogens (primary N) is 1. The molecule has 2 atom stereocenters. The zero-order valence-electron chi connectivity index (χ0n) is 9.41. The first-order chi connectivity index (χ1) is 6.48. The first-order valence-electron chi connectivity index (χ1n) is 5.19. The van der Waals surface area contributed by atoms with Gasteiger partial charge in [-0.25, -0.2) is 0 Å². The SMILES string of the molecule is Cc1cc([C@@H]2[C@@H](CN)C2(C)C)n(C)n1. The van der Waals surface area contributed by atoms with Crippen LogP contribution in [0.15, 0.2) is 6.07 Å². The highest BCUT2D eigenvalue weighted by Crippen LogP contribution is 2.63. The number of hydrogen-bond donors (Lipinski definition) is 1. The van der Waals surface area contributed by atoms with Crippen molar-refractivity contribution in [2.24, 2.45) is 24.1 Å². The lowest BCUT2D eigenvalue weighted by Crippen LogP contribution is -2.05. The second-order valence-electron chi connectivity index (χ2n) is 4.98. The van der Waals surface area contributed by atoms with Gasteiger partial charge in [-0.05, 0) is 30.9 Å². The van der Waals surface area contributed by atoms with Gasteiger partial charge in [-0.2, -0.15) is 5.10 Å². The summed E-state index contributed by atoms with van der Waals surface area (Å²) in [4.78, 5) is 0. The van der Waals surface area contributed by atoms with Crippen LogP contribution in [0.2, 0.25) is 0 Å². The number of nitrogens with zero attached hydrogens (tertiary/aromatic N) is 2. The van der Waals surface area contributed by atoms with Gasteiger partial charge in [0.15, 0.2) is 0 Å². The zero-order chi connectivity index (χ0) is 10.5. The summed E-state index contributed by atoms with van der Waals surface area (Å²) in [6, 6.07) is 2.18. The molecule has 1 aliphatic rings. The molecule has 2 N–H and O–H groups in total. The van der Waals surface area contributed by atoms with Gasteiger partial charge in [0.2, 0.25) is 0 Å². The van der Waals surface area contributed by atoms with E-state index in [9.17, 15) is 0 Å². The van der Waals surface area contributed by atoms with Crippen LogP contribution in [0.4, 0.5) is 0 Å². The van der Waals surface area contributed by atoms with Crippen LogP contribution in [-0.4, -0.2) is 16.3 Å². The zero-order valence-corrected chi connectivity index (χ0v) is 9.41. The molecule has 0 unspecified atom stereocenters. The second-order valence-corrected chi connectivity index (χ2v) is 4.98. The van der Waals surface area contributed by atoms with Crippen LogP contribution in [0.3, 0.4) is 0 Å². The Balaban J connectivity index is 2.30. The fourth-order valence-corrected chi connectivity index (χ4v) is 2.69. The Labute approximate surface area is 85.3 Å². The number of aryl methyl sites for hydroxylation is 2. The maximum absolute atomic E-state index is 5.76. The molecule has 1 aromatic heterocycles. The van der Waals surface area contributed by atoms with E-state index in [1.807, 2.05) is 18.7 Å². The van der Waals surface area contributed by atoms with E-state index in [-0.39, 0.29) is 0 Å². The molecule has 1 heterocycles. The minimum Gasteiger partial charge on any atom is -0.330 e. The van der Waals surface area contributed by atoms with Crippen molar-refractivity contribution in [3.63, 3.8) is 0 Å². The van der Waals surface area contributed by atoms with E-state index >= 15 is 0 Å². The topological polar surface area (TPSA) is 43.8 Å². The molecule has 0 saturated heterocycles. The molecule has 78 valence electrons. The summed E-state index contributed by atoms with van der Waals surface area (Å²) in [6.07, 6.45) is 0. The van der Waals surface area contributed by atoms with Crippen LogP contribution < -0.4 is 5.73 Å². The van der Waals surface area contributed by atoms with Gasteiger partial charge in [0.25, 0.3) is 0 Å². The van der Waals surface area contributed by atoms with Gasteiger partial charge in [0.05, 0.1) is 5.69 Å². The molecule has 0 bridgehead atoms. The average molecular weight is 193 g/mol. The smallest absolute Gasteiger partial charge is 0.0596 e. The van der Waals surface area contributed by atoms with E-state index in [4.69, 9.17) is 5.73 Å². The van der Waals surface area contributed by atoms with Gasteiger partial charge in [-0.3, -0.25) is 4.68 Å². The second kappa shape index (κ2) is 2.83. The summed E-state index contributed by atoms with van der Waals surface area (Å²) in [5.41, 5.74) is 8.55. The van der Waals surface area contributed by atoms with Crippen LogP contribution in [0, 0.1) is 18.3 Å². The van der Waals surface area contributed by atoms with Crippen LogP contribution in [-0.2, 0) is 7.05 Å². The summed E-state index contributed by atoms with van der Waals surface area (Å²) in [5, 5.41) is 4.38. The number of aromatic nitrogens is 2. The number of hydrogen-bond acceptors (Lipinski definition) is 2. The van der Waals surface area contributed by atoms with Gasteiger partial charge in [0, 0.05) is 18.7 Å². The quantitative estimate of drug-likeness (QED) is 0.772. The van der Waals surface area contributed by atoms with E-state index in [1.165, 1.54) is 5.69 Å². The van der Waals surface area contributed by atoms with E-state index < -0.39 is 0 Å². The van der Waals surface area contributed by atoms with E-state index in [0.717, 1.165) is 12.2 Å². The van der Waals surface area contributed by atoms with Gasteiger partial charge >= 0.3 is 0 Å². The Bertz CT molecular complexity index is 351. The third kappa shape index (κ3) is 1.19. The summed E-state index contributed by atoms with van der Waals surface area (Å²) < 4.78 is 2.00. The molecule has 2 rings (SSSR count). The normalized spacial score (nSPS) is 29.2. The van der Waals surface area contributed by atoms with Gasteiger partial charge < -0.3 is 5.73 Å². The lowest BCUT2D eigenvalue weighted by molar-refractivity contribution is 0.553. The average Bonchev–Trinajstić information content (AvgIpc) is 2.46. The van der Waals surface area contributed by atoms with Crippen molar-refractivity contribution in [1.82, 2.24) is 9.78 Å². The predicted octanol–water partition coefficient (Wildman–Crippen LogP) is 1.43. The Morgan fingerprint density at radius 1 is 1.57 bits per heavy atom. The molecule has 1 saturated carbocycles. The fraction of sp³-hybridized carbons (Fsp3) is 0.727. The standard InChI is InChI=1S/C11H19N3/c1-7-5-9(14(4)13-7)10-8(6-12)11(10,2)3/h5,8,10H,6,12H2,1-4H3/t8-,10+/m1/s1. The maximum Gasteiger partial charge on any atom is 0.0596 e. The maximum atomic E-state index is 5.76. The first-order valence-corrected chi connectivity index (χ1v) is 5.19.